The van der Waals surface area contributed by atoms with Gasteiger partial charge in [0, 0.05) is 13.2 Å². The second kappa shape index (κ2) is 10.2. The van der Waals surface area contributed by atoms with Crippen molar-refractivity contribution in [1.29, 1.82) is 0 Å². The average Bonchev–Trinajstić information content (AvgIpc) is 3.33. The Hall–Kier alpha value is -2.47. The van der Waals surface area contributed by atoms with Crippen LogP contribution >= 0.6 is 11.3 Å². The highest BCUT2D eigenvalue weighted by Gasteiger charge is 2.46. The predicted octanol–water partition coefficient (Wildman–Crippen LogP) is 3.30. The van der Waals surface area contributed by atoms with Gasteiger partial charge in [0.05, 0.1) is 46.1 Å². The van der Waals surface area contributed by atoms with E-state index in [4.69, 9.17) is 9.72 Å². The molecule has 2 heterocycles. The number of halogens is 2. The highest BCUT2D eigenvalue weighted by atomic mass is 32.1. The van der Waals surface area contributed by atoms with Crippen molar-refractivity contribution in [3.63, 3.8) is 0 Å². The zero-order chi connectivity index (χ0) is 23.5. The number of aromatic nitrogens is 3. The number of nitrogens with zero attached hydrogens (tertiary/aromatic N) is 3. The Morgan fingerprint density at radius 1 is 1.18 bits per heavy atom. The van der Waals surface area contributed by atoms with Crippen molar-refractivity contribution in [2.75, 3.05) is 30.4 Å². The fourth-order valence-electron chi connectivity index (χ4n) is 4.01. The molecule has 33 heavy (non-hydrogen) atoms. The van der Waals surface area contributed by atoms with Gasteiger partial charge in [0.25, 0.3) is 0 Å². The number of anilines is 2. The van der Waals surface area contributed by atoms with Gasteiger partial charge in [-0.3, -0.25) is 0 Å². The molecule has 0 bridgehead atoms. The third-order valence-corrected chi connectivity index (χ3v) is 6.76. The monoisotopic (exact) mass is 479 g/mol. The van der Waals surface area contributed by atoms with Crippen molar-refractivity contribution >= 4 is 33.3 Å². The van der Waals surface area contributed by atoms with E-state index in [0.717, 1.165) is 10.2 Å². The number of rotatable bonds is 9. The number of aliphatic hydroxyl groups excluding tert-OH is 2. The van der Waals surface area contributed by atoms with Crippen LogP contribution in [0.2, 0.25) is 0 Å². The van der Waals surface area contributed by atoms with Crippen LogP contribution in [-0.4, -0.2) is 69.6 Å². The lowest BCUT2D eigenvalue weighted by atomic mass is 10.1. The normalized spacial score (nSPS) is 22.9. The van der Waals surface area contributed by atoms with Crippen molar-refractivity contribution in [3.05, 3.63) is 30.0 Å². The van der Waals surface area contributed by atoms with E-state index in [-0.39, 0.29) is 6.42 Å². The van der Waals surface area contributed by atoms with Crippen molar-refractivity contribution in [2.45, 2.75) is 44.9 Å². The summed E-state index contributed by atoms with van der Waals surface area (Å²) in [6.07, 6.45) is -5.68. The van der Waals surface area contributed by atoms with E-state index in [1.165, 1.54) is 11.3 Å². The van der Waals surface area contributed by atoms with E-state index in [9.17, 15) is 19.0 Å². The maximum atomic E-state index is 13.3. The molecule has 3 aromatic rings. The van der Waals surface area contributed by atoms with Gasteiger partial charge >= 0.3 is 0 Å². The summed E-state index contributed by atoms with van der Waals surface area (Å²) in [6, 6.07) is 6.91. The standard InChI is InChI=1S/C22H27F2N5O3S/c1-3-32-9-8-25-22-26-11(2)16(21-28-13-6-4-5-7-15(13)33-21)20(29-22)27-14-10-12(19(23)24)17(30)18(14)31/h4-7,12,14,17-19,30-31H,3,8-10H2,1-2H3,(H2,25,26,27,29)/t12-,14?,17+,18-/m0/s1. The quantitative estimate of drug-likeness (QED) is 0.346. The first-order valence-electron chi connectivity index (χ1n) is 10.9. The van der Waals surface area contributed by atoms with Gasteiger partial charge in [-0.05, 0) is 32.4 Å². The fourth-order valence-corrected chi connectivity index (χ4v) is 5.07. The summed E-state index contributed by atoms with van der Waals surface area (Å²) in [5.74, 6) is -0.597. The molecule has 1 unspecified atom stereocenters. The van der Waals surface area contributed by atoms with Gasteiger partial charge in [-0.15, -0.1) is 11.3 Å². The molecule has 1 fully saturated rings. The number of fused-ring (bicyclic) bond motifs is 1. The molecule has 8 nitrogen and oxygen atoms in total. The van der Waals surface area contributed by atoms with Gasteiger partial charge in [0.2, 0.25) is 12.4 Å². The molecule has 0 saturated heterocycles. The highest BCUT2D eigenvalue weighted by Crippen LogP contribution is 2.39. The maximum absolute atomic E-state index is 13.3. The molecule has 11 heteroatoms. The number of ether oxygens (including phenoxy) is 1. The minimum atomic E-state index is -2.73. The number of para-hydroxylation sites is 1. The molecule has 4 atom stereocenters. The van der Waals surface area contributed by atoms with E-state index in [1.807, 2.05) is 38.1 Å². The van der Waals surface area contributed by atoms with Gasteiger partial charge in [0.1, 0.15) is 16.9 Å². The van der Waals surface area contributed by atoms with Crippen LogP contribution in [0.1, 0.15) is 19.0 Å². The lowest BCUT2D eigenvalue weighted by Crippen LogP contribution is -2.36. The number of benzene rings is 1. The van der Waals surface area contributed by atoms with Crippen LogP contribution < -0.4 is 10.6 Å². The average molecular weight is 480 g/mol. The number of aliphatic hydroxyl groups is 2. The second-order valence-corrected chi connectivity index (χ2v) is 8.96. The number of hydrogen-bond acceptors (Lipinski definition) is 9. The zero-order valence-electron chi connectivity index (χ0n) is 18.3. The molecule has 0 radical (unpaired) electrons. The van der Waals surface area contributed by atoms with E-state index in [0.29, 0.717) is 47.8 Å². The second-order valence-electron chi connectivity index (χ2n) is 7.93. The number of aryl methyl sites for hydroxylation is 1. The van der Waals surface area contributed by atoms with Crippen LogP contribution in [-0.2, 0) is 4.74 Å². The lowest BCUT2D eigenvalue weighted by Gasteiger charge is -2.21. The van der Waals surface area contributed by atoms with Crippen LogP contribution in [0.5, 0.6) is 0 Å². The topological polar surface area (TPSA) is 112 Å². The summed E-state index contributed by atoms with van der Waals surface area (Å²) < 4.78 is 33.0. The minimum absolute atomic E-state index is 0.0879. The number of hydrogen-bond donors (Lipinski definition) is 4. The first-order chi connectivity index (χ1) is 15.9. The summed E-state index contributed by atoms with van der Waals surface area (Å²) in [7, 11) is 0. The first-order valence-corrected chi connectivity index (χ1v) is 11.7. The Morgan fingerprint density at radius 3 is 2.67 bits per heavy atom. The van der Waals surface area contributed by atoms with E-state index < -0.39 is 30.6 Å². The highest BCUT2D eigenvalue weighted by molar-refractivity contribution is 7.21. The van der Waals surface area contributed by atoms with Crippen LogP contribution in [0, 0.1) is 12.8 Å². The Balaban J connectivity index is 1.69. The zero-order valence-corrected chi connectivity index (χ0v) is 19.1. The van der Waals surface area contributed by atoms with Crippen molar-refractivity contribution in [3.8, 4) is 10.6 Å². The number of thiazole rings is 1. The SMILES string of the molecule is CCOCCNc1nc(C)c(-c2nc3ccccc3s2)c(NC2C[C@H](C(F)F)[C@@H](O)[C@H]2O)n1. The molecule has 4 rings (SSSR count). The smallest absolute Gasteiger partial charge is 0.244 e. The molecule has 178 valence electrons. The van der Waals surface area contributed by atoms with E-state index in [2.05, 4.69) is 20.6 Å². The van der Waals surface area contributed by atoms with Crippen molar-refractivity contribution in [2.24, 2.45) is 5.92 Å². The van der Waals surface area contributed by atoms with Gasteiger partial charge in [-0.2, -0.15) is 4.98 Å². The minimum Gasteiger partial charge on any atom is -0.390 e. The van der Waals surface area contributed by atoms with Crippen molar-refractivity contribution < 1.29 is 23.7 Å². The molecule has 4 N–H and O–H groups in total. The third-order valence-electron chi connectivity index (χ3n) is 5.70. The maximum Gasteiger partial charge on any atom is 0.244 e. The summed E-state index contributed by atoms with van der Waals surface area (Å²) in [4.78, 5) is 13.8. The largest absolute Gasteiger partial charge is 0.390 e. The Morgan fingerprint density at radius 2 is 1.97 bits per heavy atom. The molecule has 0 spiro atoms. The van der Waals surface area contributed by atoms with Crippen molar-refractivity contribution in [1.82, 2.24) is 15.0 Å². The lowest BCUT2D eigenvalue weighted by molar-refractivity contribution is -0.0333. The van der Waals surface area contributed by atoms with Crippen LogP contribution in [0.25, 0.3) is 20.8 Å². The van der Waals surface area contributed by atoms with E-state index >= 15 is 0 Å². The molecular formula is C22H27F2N5O3S. The molecule has 1 aliphatic carbocycles. The van der Waals surface area contributed by atoms with Crippen LogP contribution in [0.3, 0.4) is 0 Å². The molecule has 2 aromatic heterocycles. The van der Waals surface area contributed by atoms with Crippen LogP contribution in [0.15, 0.2) is 24.3 Å². The molecule has 0 amide bonds. The summed E-state index contributed by atoms with van der Waals surface area (Å²) >= 11 is 1.47. The molecule has 0 aliphatic heterocycles. The van der Waals surface area contributed by atoms with Gasteiger partial charge in [-0.25, -0.2) is 18.7 Å². The number of alkyl halides is 2. The fraction of sp³-hybridized carbons (Fsp3) is 0.500. The van der Waals surface area contributed by atoms with Gasteiger partial charge in [0.15, 0.2) is 0 Å². The molecule has 1 aliphatic rings. The number of nitrogens with one attached hydrogen (secondary N) is 2. The first kappa shape index (κ1) is 23.7. The van der Waals surface area contributed by atoms with Gasteiger partial charge in [-0.1, -0.05) is 12.1 Å². The molecule has 1 saturated carbocycles. The Kier molecular flexibility index (Phi) is 7.32. The Bertz CT molecular complexity index is 1070. The summed E-state index contributed by atoms with van der Waals surface area (Å²) in [5.41, 5.74) is 2.11. The predicted molar refractivity (Wildman–Crippen MR) is 124 cm³/mol. The Labute approximate surface area is 194 Å². The summed E-state index contributed by atoms with van der Waals surface area (Å²) in [6.45, 7) is 5.29. The molecule has 1 aromatic carbocycles. The molecular weight excluding hydrogens is 452 g/mol. The van der Waals surface area contributed by atoms with E-state index in [1.54, 1.807) is 0 Å². The van der Waals surface area contributed by atoms with Crippen LogP contribution in [0.4, 0.5) is 20.5 Å². The third kappa shape index (κ3) is 5.06. The summed E-state index contributed by atoms with van der Waals surface area (Å²) in [5, 5.41) is 27.4. The van der Waals surface area contributed by atoms with Gasteiger partial charge < -0.3 is 25.6 Å².